The van der Waals surface area contributed by atoms with Crippen molar-refractivity contribution in [1.29, 1.82) is 0 Å². The maximum Gasteiger partial charge on any atom is 0.164 e. The van der Waals surface area contributed by atoms with Crippen LogP contribution in [-0.4, -0.2) is 10.8 Å². The molecule has 0 aliphatic rings. The Kier molecular flexibility index (Phi) is 6.50. The highest BCUT2D eigenvalue weighted by Gasteiger charge is 2.21. The Morgan fingerprint density at radius 1 is 0.806 bits per heavy atom. The van der Waals surface area contributed by atoms with E-state index in [2.05, 4.69) is 60.4 Å². The molecule has 4 heteroatoms. The molecule has 4 aromatic rings. The number of carbonyl (C=O) groups is 1. The van der Waals surface area contributed by atoms with E-state index in [-0.39, 0.29) is 22.0 Å². The Bertz CT molecular complexity index is 1180. The van der Waals surface area contributed by atoms with Gasteiger partial charge in [-0.15, -0.1) is 0 Å². The summed E-state index contributed by atoms with van der Waals surface area (Å²) in [6.07, 6.45) is 0.312. The molecule has 154 valence electrons. The summed E-state index contributed by atoms with van der Waals surface area (Å²) in [5, 5.41) is 0.436. The smallest absolute Gasteiger partial charge is 0.164 e. The first-order chi connectivity index (χ1) is 15.0. The maximum atomic E-state index is 13.2. The van der Waals surface area contributed by atoms with Crippen LogP contribution in [0.4, 0.5) is 0 Å². The molecule has 1 heterocycles. The zero-order valence-corrected chi connectivity index (χ0v) is 18.6. The number of pyridine rings is 1. The lowest BCUT2D eigenvalue weighted by atomic mass is 9.83. The summed E-state index contributed by atoms with van der Waals surface area (Å²) >= 11 is 12.0. The zero-order valence-electron chi connectivity index (χ0n) is 17.1. The van der Waals surface area contributed by atoms with Crippen LogP contribution in [0.1, 0.15) is 39.4 Å². The molecule has 2 nitrogen and oxygen atoms in total. The molecule has 0 radical (unpaired) electrons. The second kappa shape index (κ2) is 9.47. The van der Waals surface area contributed by atoms with Gasteiger partial charge in [-0.1, -0.05) is 102 Å². The van der Waals surface area contributed by atoms with E-state index >= 15 is 0 Å². The normalized spacial score (nSPS) is 11.8. The van der Waals surface area contributed by atoms with E-state index in [1.165, 1.54) is 5.56 Å². The first kappa shape index (κ1) is 21.3. The van der Waals surface area contributed by atoms with Crippen molar-refractivity contribution in [2.75, 3.05) is 0 Å². The SMILES string of the molecule is Cc1ccccc1[C@H](CC(=O)c1cc(Cl)nc(Cl)c1)c1ccc(-c2ccccc2)cc1. The number of hydrogen-bond donors (Lipinski definition) is 0. The number of rotatable bonds is 6. The number of ketones is 1. The Morgan fingerprint density at radius 2 is 1.39 bits per heavy atom. The molecule has 0 fully saturated rings. The van der Waals surface area contributed by atoms with Gasteiger partial charge < -0.3 is 0 Å². The van der Waals surface area contributed by atoms with Crippen LogP contribution in [0.5, 0.6) is 0 Å². The van der Waals surface area contributed by atoms with Gasteiger partial charge in [-0.25, -0.2) is 4.98 Å². The Labute approximate surface area is 192 Å². The molecule has 3 aromatic carbocycles. The highest BCUT2D eigenvalue weighted by atomic mass is 35.5. The van der Waals surface area contributed by atoms with Gasteiger partial charge in [-0.3, -0.25) is 4.79 Å². The highest BCUT2D eigenvalue weighted by molar-refractivity contribution is 6.33. The predicted octanol–water partition coefficient (Wildman–Crippen LogP) is 7.77. The molecular weight excluding hydrogens is 425 g/mol. The summed E-state index contributed by atoms with van der Waals surface area (Å²) < 4.78 is 0. The molecule has 0 N–H and O–H groups in total. The van der Waals surface area contributed by atoms with Crippen LogP contribution in [-0.2, 0) is 0 Å². The highest BCUT2D eigenvalue weighted by Crippen LogP contribution is 2.33. The van der Waals surface area contributed by atoms with E-state index < -0.39 is 0 Å². The van der Waals surface area contributed by atoms with Gasteiger partial charge in [0, 0.05) is 17.9 Å². The lowest BCUT2D eigenvalue weighted by Crippen LogP contribution is -2.11. The summed E-state index contributed by atoms with van der Waals surface area (Å²) in [7, 11) is 0. The number of nitrogens with zero attached hydrogens (tertiary/aromatic N) is 1. The summed E-state index contributed by atoms with van der Waals surface area (Å²) in [6.45, 7) is 2.07. The second-order valence-corrected chi connectivity index (χ2v) is 8.30. The number of hydrogen-bond acceptors (Lipinski definition) is 2. The Balaban J connectivity index is 1.70. The van der Waals surface area contributed by atoms with Gasteiger partial charge in [0.1, 0.15) is 10.3 Å². The summed E-state index contributed by atoms with van der Waals surface area (Å²) in [4.78, 5) is 17.1. The third kappa shape index (κ3) is 5.04. The second-order valence-electron chi connectivity index (χ2n) is 7.53. The van der Waals surface area contributed by atoms with Crippen LogP contribution >= 0.6 is 23.2 Å². The number of halogens is 2. The quantitative estimate of drug-likeness (QED) is 0.224. The molecule has 0 aliphatic carbocycles. The molecule has 0 aliphatic heterocycles. The molecule has 0 saturated heterocycles. The monoisotopic (exact) mass is 445 g/mol. The zero-order chi connectivity index (χ0) is 21.8. The number of aromatic nitrogens is 1. The van der Waals surface area contributed by atoms with Gasteiger partial charge in [0.05, 0.1) is 0 Å². The fourth-order valence-electron chi connectivity index (χ4n) is 3.85. The van der Waals surface area contributed by atoms with Crippen LogP contribution in [0.15, 0.2) is 91.0 Å². The van der Waals surface area contributed by atoms with Gasteiger partial charge >= 0.3 is 0 Å². The number of aryl methyl sites for hydroxylation is 1. The van der Waals surface area contributed by atoms with E-state index in [0.29, 0.717) is 12.0 Å². The molecule has 0 saturated carbocycles. The first-order valence-corrected chi connectivity index (χ1v) is 10.8. The molecule has 0 bridgehead atoms. The third-order valence-electron chi connectivity index (χ3n) is 5.46. The molecule has 31 heavy (non-hydrogen) atoms. The van der Waals surface area contributed by atoms with E-state index in [9.17, 15) is 4.79 Å². The molecule has 4 rings (SSSR count). The lowest BCUT2D eigenvalue weighted by molar-refractivity contribution is 0.0977. The van der Waals surface area contributed by atoms with Crippen molar-refractivity contribution < 1.29 is 4.79 Å². The van der Waals surface area contributed by atoms with Gasteiger partial charge in [-0.2, -0.15) is 0 Å². The maximum absolute atomic E-state index is 13.2. The molecular formula is C27H21Cl2NO. The standard InChI is InChI=1S/C27H21Cl2NO/c1-18-7-5-6-10-23(18)24(17-25(31)22-15-26(28)30-27(29)16-22)21-13-11-20(12-14-21)19-8-3-2-4-9-19/h2-16,24H,17H2,1H3/t24-/m1/s1. The average Bonchev–Trinajstić information content (AvgIpc) is 2.78. The average molecular weight is 446 g/mol. The van der Waals surface area contributed by atoms with Crippen LogP contribution < -0.4 is 0 Å². The molecule has 0 amide bonds. The van der Waals surface area contributed by atoms with Crippen molar-refractivity contribution in [3.63, 3.8) is 0 Å². The topological polar surface area (TPSA) is 30.0 Å². The summed E-state index contributed by atoms with van der Waals surface area (Å²) in [6, 6.07) is 30.0. The minimum atomic E-state index is -0.0794. The van der Waals surface area contributed by atoms with Crippen LogP contribution in [0.2, 0.25) is 10.3 Å². The van der Waals surface area contributed by atoms with Crippen LogP contribution in [0.3, 0.4) is 0 Å². The number of carbonyl (C=O) groups excluding carboxylic acids is 1. The van der Waals surface area contributed by atoms with Crippen molar-refractivity contribution in [2.45, 2.75) is 19.3 Å². The molecule has 1 atom stereocenters. The predicted molar refractivity (Wildman–Crippen MR) is 128 cm³/mol. The number of Topliss-reactive ketones (excluding diaryl/α,β-unsaturated/α-hetero) is 1. The molecule has 1 aromatic heterocycles. The van der Waals surface area contributed by atoms with Crippen molar-refractivity contribution in [2.24, 2.45) is 0 Å². The summed E-state index contributed by atoms with van der Waals surface area (Å²) in [5.41, 5.74) is 6.16. The minimum Gasteiger partial charge on any atom is -0.294 e. The molecule has 0 spiro atoms. The largest absolute Gasteiger partial charge is 0.294 e. The van der Waals surface area contributed by atoms with E-state index in [1.54, 1.807) is 12.1 Å². The van der Waals surface area contributed by atoms with Gasteiger partial charge in [-0.05, 0) is 46.9 Å². The van der Waals surface area contributed by atoms with Crippen LogP contribution in [0.25, 0.3) is 11.1 Å². The first-order valence-electron chi connectivity index (χ1n) is 10.1. The Morgan fingerprint density at radius 3 is 2.03 bits per heavy atom. The summed E-state index contributed by atoms with van der Waals surface area (Å²) in [5.74, 6) is -0.101. The lowest BCUT2D eigenvalue weighted by Gasteiger charge is -2.20. The molecule has 0 unspecified atom stereocenters. The van der Waals surface area contributed by atoms with Crippen molar-refractivity contribution in [3.8, 4) is 11.1 Å². The Hall–Kier alpha value is -2.94. The van der Waals surface area contributed by atoms with E-state index in [0.717, 1.165) is 22.3 Å². The van der Waals surface area contributed by atoms with Crippen molar-refractivity contribution in [1.82, 2.24) is 4.98 Å². The van der Waals surface area contributed by atoms with Gasteiger partial charge in [0.25, 0.3) is 0 Å². The van der Waals surface area contributed by atoms with Gasteiger partial charge in [0.15, 0.2) is 5.78 Å². The van der Waals surface area contributed by atoms with Gasteiger partial charge in [0.2, 0.25) is 0 Å². The van der Waals surface area contributed by atoms with Crippen molar-refractivity contribution >= 4 is 29.0 Å². The number of benzene rings is 3. The third-order valence-corrected chi connectivity index (χ3v) is 5.85. The van der Waals surface area contributed by atoms with Crippen molar-refractivity contribution in [3.05, 3.63) is 124 Å². The minimum absolute atomic E-state index is 0.0217. The van der Waals surface area contributed by atoms with E-state index in [4.69, 9.17) is 23.2 Å². The fraction of sp³-hybridized carbons (Fsp3) is 0.111. The van der Waals surface area contributed by atoms with E-state index in [1.807, 2.05) is 30.3 Å². The fourth-order valence-corrected chi connectivity index (χ4v) is 4.31. The van der Waals surface area contributed by atoms with Crippen LogP contribution in [0, 0.1) is 6.92 Å².